The van der Waals surface area contributed by atoms with Crippen molar-refractivity contribution in [1.29, 1.82) is 0 Å². The number of ether oxygens (including phenoxy) is 3. The summed E-state index contributed by atoms with van der Waals surface area (Å²) < 4.78 is 17.9. The Balaban J connectivity index is 1.80. The third-order valence-corrected chi connectivity index (χ3v) is 4.51. The van der Waals surface area contributed by atoms with Gasteiger partial charge in [0.2, 0.25) is 0 Å². The number of anilines is 1. The van der Waals surface area contributed by atoms with Gasteiger partial charge in [-0.3, -0.25) is 0 Å². The maximum atomic E-state index is 6.19. The van der Waals surface area contributed by atoms with E-state index < -0.39 is 0 Å². The van der Waals surface area contributed by atoms with Gasteiger partial charge in [0.25, 0.3) is 0 Å². The molecule has 0 radical (unpaired) electrons. The zero-order valence-corrected chi connectivity index (χ0v) is 15.8. The Morgan fingerprint density at radius 1 is 0.786 bits per heavy atom. The molecule has 0 unspecified atom stereocenters. The molecule has 0 aliphatic rings. The number of nitrogens with two attached hydrogens (primary N) is 1. The summed E-state index contributed by atoms with van der Waals surface area (Å²) in [5.41, 5.74) is 10.1. The number of aromatic nitrogens is 3. The first-order chi connectivity index (χ1) is 13.6. The molecule has 7 heteroatoms. The molecule has 0 aliphatic carbocycles. The van der Waals surface area contributed by atoms with E-state index in [1.165, 1.54) is 0 Å². The van der Waals surface area contributed by atoms with Gasteiger partial charge in [0, 0.05) is 23.5 Å². The molecular formula is C21H20N4O3. The van der Waals surface area contributed by atoms with E-state index in [0.29, 0.717) is 23.0 Å². The van der Waals surface area contributed by atoms with Gasteiger partial charge in [-0.1, -0.05) is 12.1 Å². The maximum Gasteiger partial charge on any atom is 0.180 e. The molecule has 0 spiro atoms. The lowest BCUT2D eigenvalue weighted by Gasteiger charge is -2.08. The Kier molecular flexibility index (Phi) is 4.49. The normalized spacial score (nSPS) is 10.8. The van der Waals surface area contributed by atoms with Gasteiger partial charge in [-0.05, 0) is 30.3 Å². The lowest BCUT2D eigenvalue weighted by atomic mass is 10.1. The molecule has 4 aromatic rings. The third kappa shape index (κ3) is 3.07. The fourth-order valence-electron chi connectivity index (χ4n) is 3.08. The van der Waals surface area contributed by atoms with Crippen LogP contribution < -0.4 is 19.9 Å². The fraction of sp³-hybridized carbons (Fsp3) is 0.143. The van der Waals surface area contributed by atoms with Gasteiger partial charge in [-0.25, -0.2) is 9.97 Å². The smallest absolute Gasteiger partial charge is 0.180 e. The SMILES string of the molecule is COc1cccc(-c2cn3cc(-c4ccc(OC)c(OC)c4)nc3c(N)n2)c1. The first kappa shape index (κ1) is 17.7. The van der Waals surface area contributed by atoms with E-state index >= 15 is 0 Å². The second-order valence-electron chi connectivity index (χ2n) is 6.17. The fourth-order valence-corrected chi connectivity index (χ4v) is 3.08. The van der Waals surface area contributed by atoms with E-state index in [4.69, 9.17) is 19.9 Å². The van der Waals surface area contributed by atoms with E-state index in [0.717, 1.165) is 28.3 Å². The number of fused-ring (bicyclic) bond motifs is 1. The van der Waals surface area contributed by atoms with Crippen molar-refractivity contribution in [3.05, 3.63) is 54.9 Å². The van der Waals surface area contributed by atoms with Crippen molar-refractivity contribution in [2.24, 2.45) is 0 Å². The molecule has 0 saturated heterocycles. The first-order valence-corrected chi connectivity index (χ1v) is 8.65. The summed E-state index contributed by atoms with van der Waals surface area (Å²) in [6.45, 7) is 0. The van der Waals surface area contributed by atoms with Gasteiger partial charge in [0.1, 0.15) is 5.75 Å². The minimum absolute atomic E-state index is 0.354. The Labute approximate surface area is 162 Å². The maximum absolute atomic E-state index is 6.19. The van der Waals surface area contributed by atoms with E-state index in [2.05, 4.69) is 9.97 Å². The highest BCUT2D eigenvalue weighted by Gasteiger charge is 2.13. The van der Waals surface area contributed by atoms with Gasteiger partial charge < -0.3 is 24.3 Å². The van der Waals surface area contributed by atoms with Crippen molar-refractivity contribution >= 4 is 11.5 Å². The van der Waals surface area contributed by atoms with Crippen LogP contribution in [0.25, 0.3) is 28.2 Å². The van der Waals surface area contributed by atoms with Crippen molar-refractivity contribution in [1.82, 2.24) is 14.4 Å². The summed E-state index contributed by atoms with van der Waals surface area (Å²) in [5.74, 6) is 2.42. The summed E-state index contributed by atoms with van der Waals surface area (Å²) in [5, 5.41) is 0. The Morgan fingerprint density at radius 3 is 2.21 bits per heavy atom. The zero-order valence-electron chi connectivity index (χ0n) is 15.8. The molecule has 2 N–H and O–H groups in total. The summed E-state index contributed by atoms with van der Waals surface area (Å²) >= 11 is 0. The van der Waals surface area contributed by atoms with Crippen molar-refractivity contribution in [3.8, 4) is 39.8 Å². The number of benzene rings is 2. The van der Waals surface area contributed by atoms with Crippen molar-refractivity contribution in [2.45, 2.75) is 0 Å². The van der Waals surface area contributed by atoms with Crippen LogP contribution in [0.1, 0.15) is 0 Å². The van der Waals surface area contributed by atoms with Gasteiger partial charge in [-0.2, -0.15) is 0 Å². The second-order valence-corrected chi connectivity index (χ2v) is 6.17. The van der Waals surface area contributed by atoms with Crippen LogP contribution in [0.4, 0.5) is 5.82 Å². The van der Waals surface area contributed by atoms with Crippen LogP contribution in [0.15, 0.2) is 54.9 Å². The van der Waals surface area contributed by atoms with Gasteiger partial charge in [-0.15, -0.1) is 0 Å². The summed E-state index contributed by atoms with van der Waals surface area (Å²) in [4.78, 5) is 9.15. The molecule has 4 rings (SSSR count). The van der Waals surface area contributed by atoms with Crippen LogP contribution in [0.5, 0.6) is 17.2 Å². The van der Waals surface area contributed by atoms with E-state index in [-0.39, 0.29) is 0 Å². The van der Waals surface area contributed by atoms with E-state index in [1.54, 1.807) is 21.3 Å². The molecule has 0 amide bonds. The van der Waals surface area contributed by atoms with E-state index in [1.807, 2.05) is 59.3 Å². The molecule has 2 aromatic carbocycles. The lowest BCUT2D eigenvalue weighted by molar-refractivity contribution is 0.355. The van der Waals surface area contributed by atoms with Crippen LogP contribution >= 0.6 is 0 Å². The number of nitrogens with zero attached hydrogens (tertiary/aromatic N) is 3. The molecular weight excluding hydrogens is 356 g/mol. The summed E-state index contributed by atoms with van der Waals surface area (Å²) in [6.07, 6.45) is 3.82. The largest absolute Gasteiger partial charge is 0.497 e. The zero-order chi connectivity index (χ0) is 19.7. The van der Waals surface area contributed by atoms with Crippen LogP contribution in [-0.2, 0) is 0 Å². The van der Waals surface area contributed by atoms with E-state index in [9.17, 15) is 0 Å². The summed E-state index contributed by atoms with van der Waals surface area (Å²) in [6, 6.07) is 13.3. The van der Waals surface area contributed by atoms with Crippen LogP contribution in [0.2, 0.25) is 0 Å². The molecule has 28 heavy (non-hydrogen) atoms. The lowest BCUT2D eigenvalue weighted by Crippen LogP contribution is -1.98. The Bertz CT molecular complexity index is 1150. The highest BCUT2D eigenvalue weighted by atomic mass is 16.5. The van der Waals surface area contributed by atoms with Crippen molar-refractivity contribution < 1.29 is 14.2 Å². The first-order valence-electron chi connectivity index (χ1n) is 8.65. The van der Waals surface area contributed by atoms with Crippen LogP contribution in [0, 0.1) is 0 Å². The monoisotopic (exact) mass is 376 g/mol. The second kappa shape index (κ2) is 7.11. The molecule has 142 valence electrons. The molecule has 2 heterocycles. The molecule has 0 aliphatic heterocycles. The molecule has 2 aromatic heterocycles. The number of imidazole rings is 1. The predicted octanol–water partition coefficient (Wildman–Crippen LogP) is 3.67. The van der Waals surface area contributed by atoms with Crippen molar-refractivity contribution in [2.75, 3.05) is 27.1 Å². The minimum atomic E-state index is 0.354. The molecule has 7 nitrogen and oxygen atoms in total. The topological polar surface area (TPSA) is 83.9 Å². The van der Waals surface area contributed by atoms with Gasteiger partial charge in [0.05, 0.1) is 32.7 Å². The number of nitrogen functional groups attached to an aromatic ring is 1. The Morgan fingerprint density at radius 2 is 1.50 bits per heavy atom. The van der Waals surface area contributed by atoms with Crippen LogP contribution in [0.3, 0.4) is 0 Å². The third-order valence-electron chi connectivity index (χ3n) is 4.51. The van der Waals surface area contributed by atoms with Gasteiger partial charge in [0.15, 0.2) is 23.0 Å². The Hall–Kier alpha value is -3.74. The number of hydrogen-bond acceptors (Lipinski definition) is 6. The van der Waals surface area contributed by atoms with Crippen molar-refractivity contribution in [3.63, 3.8) is 0 Å². The standard InChI is InChI=1S/C21H20N4O3/c1-26-15-6-4-5-13(9-15)16-11-25-12-17(24-21(25)20(22)23-16)14-7-8-18(27-2)19(10-14)28-3/h4-12H,1-3H3,(H2,22,23). The van der Waals surface area contributed by atoms with Gasteiger partial charge >= 0.3 is 0 Å². The number of methoxy groups -OCH3 is 3. The molecule has 0 saturated carbocycles. The number of rotatable bonds is 5. The minimum Gasteiger partial charge on any atom is -0.497 e. The predicted molar refractivity (Wildman–Crippen MR) is 108 cm³/mol. The highest BCUT2D eigenvalue weighted by molar-refractivity contribution is 5.73. The van der Waals surface area contributed by atoms with Crippen LogP contribution in [-0.4, -0.2) is 35.7 Å². The average Bonchev–Trinajstić information content (AvgIpc) is 3.18. The highest BCUT2D eigenvalue weighted by Crippen LogP contribution is 2.33. The number of hydrogen-bond donors (Lipinski definition) is 1. The molecule has 0 atom stereocenters. The quantitative estimate of drug-likeness (QED) is 0.572. The molecule has 0 fully saturated rings. The summed E-state index contributed by atoms with van der Waals surface area (Å²) in [7, 11) is 4.85. The average molecular weight is 376 g/mol. The molecule has 0 bridgehead atoms.